The van der Waals surface area contributed by atoms with E-state index in [0.717, 1.165) is 10.9 Å². The van der Waals surface area contributed by atoms with E-state index in [1.807, 2.05) is 20.8 Å². The molecular weight excluding hydrogens is 256 g/mol. The third kappa shape index (κ3) is 3.01. The topological polar surface area (TPSA) is 26.3 Å². The summed E-state index contributed by atoms with van der Waals surface area (Å²) in [6.45, 7) is 6.31. The van der Waals surface area contributed by atoms with Crippen molar-refractivity contribution in [1.29, 1.82) is 0 Å². The Labute approximate surface area is 81.6 Å². The minimum absolute atomic E-state index is 0.0523. The van der Waals surface area contributed by atoms with Crippen molar-refractivity contribution in [2.45, 2.75) is 31.7 Å². The molecule has 0 saturated carbocycles. The average Bonchev–Trinajstić information content (AvgIpc) is 2.03. The summed E-state index contributed by atoms with van der Waals surface area (Å²) in [5.41, 5.74) is -0.246. The fraction of sp³-hybridized carbons (Fsp3) is 0.875. The maximum absolute atomic E-state index is 11.3. The Morgan fingerprint density at radius 3 is 2.36 bits per heavy atom. The molecule has 0 rings (SSSR count). The van der Waals surface area contributed by atoms with E-state index >= 15 is 0 Å². The quantitative estimate of drug-likeness (QED) is 0.569. The Kier molecular flexibility index (Phi) is 5.12. The minimum atomic E-state index is -0.246. The van der Waals surface area contributed by atoms with E-state index in [0.29, 0.717) is 6.61 Å². The van der Waals surface area contributed by atoms with Crippen LogP contribution < -0.4 is 0 Å². The van der Waals surface area contributed by atoms with Gasteiger partial charge in [0.1, 0.15) is 0 Å². The van der Waals surface area contributed by atoms with Crippen LogP contribution in [0.1, 0.15) is 27.2 Å². The molecule has 11 heavy (non-hydrogen) atoms. The van der Waals surface area contributed by atoms with Gasteiger partial charge in [-0.05, 0) is 0 Å². The van der Waals surface area contributed by atoms with Gasteiger partial charge in [0.2, 0.25) is 0 Å². The summed E-state index contributed by atoms with van der Waals surface area (Å²) in [5.74, 6) is -0.0523. The van der Waals surface area contributed by atoms with E-state index in [-0.39, 0.29) is 11.4 Å². The van der Waals surface area contributed by atoms with Crippen molar-refractivity contribution in [2.24, 2.45) is 5.41 Å². The van der Waals surface area contributed by atoms with Gasteiger partial charge in [0.15, 0.2) is 0 Å². The van der Waals surface area contributed by atoms with Crippen molar-refractivity contribution in [3.8, 4) is 0 Å². The number of ether oxygens (including phenoxy) is 1. The van der Waals surface area contributed by atoms with Gasteiger partial charge >= 0.3 is 81.5 Å². The van der Waals surface area contributed by atoms with Gasteiger partial charge in [-0.1, -0.05) is 0 Å². The zero-order chi connectivity index (χ0) is 8.91. The summed E-state index contributed by atoms with van der Waals surface area (Å²) >= 11 is 1.67. The van der Waals surface area contributed by atoms with Crippen LogP contribution in [0, 0.1) is 5.41 Å². The molecular formula is C8H16O2Te. The molecule has 0 spiro atoms. The van der Waals surface area contributed by atoms with Gasteiger partial charge in [0, 0.05) is 0 Å². The van der Waals surface area contributed by atoms with Crippen LogP contribution in [0.25, 0.3) is 0 Å². The predicted molar refractivity (Wildman–Crippen MR) is 47.0 cm³/mol. The number of hydrogen-bond acceptors (Lipinski definition) is 2. The number of carbonyl (C=O) groups excluding carboxylic acids is 1. The van der Waals surface area contributed by atoms with Gasteiger partial charge in [-0.2, -0.15) is 0 Å². The van der Waals surface area contributed by atoms with E-state index < -0.39 is 0 Å². The molecule has 0 amide bonds. The zero-order valence-electron chi connectivity index (χ0n) is 7.39. The Bertz CT molecular complexity index is 130. The summed E-state index contributed by atoms with van der Waals surface area (Å²) in [6.07, 6.45) is 0.862. The molecule has 1 unspecified atom stereocenters. The molecule has 2 nitrogen and oxygen atoms in total. The third-order valence-electron chi connectivity index (χ3n) is 1.90. The summed E-state index contributed by atoms with van der Waals surface area (Å²) in [5, 5.41) is 0. The van der Waals surface area contributed by atoms with Gasteiger partial charge in [0.05, 0.1) is 0 Å². The second kappa shape index (κ2) is 5.00. The predicted octanol–water partition coefficient (Wildman–Crippen LogP) is 1.28. The first-order chi connectivity index (χ1) is 5.10. The van der Waals surface area contributed by atoms with Crippen molar-refractivity contribution in [3.63, 3.8) is 0 Å². The van der Waals surface area contributed by atoms with Crippen LogP contribution >= 0.6 is 0 Å². The molecule has 0 saturated heterocycles. The molecule has 0 aromatic heterocycles. The number of carbonyl (C=O) groups is 1. The number of hydrogen-bond donors (Lipinski definition) is 0. The zero-order valence-corrected chi connectivity index (χ0v) is 9.94. The molecule has 0 bridgehead atoms. The molecule has 0 radical (unpaired) electrons. The fourth-order valence-electron chi connectivity index (χ4n) is 0.626. The van der Waals surface area contributed by atoms with Crippen LogP contribution in [0.4, 0.5) is 0 Å². The molecule has 0 aliphatic carbocycles. The van der Waals surface area contributed by atoms with Gasteiger partial charge in [-0.15, -0.1) is 0 Å². The Hall–Kier alpha value is 0.260. The second-order valence-electron chi connectivity index (χ2n) is 2.79. The van der Waals surface area contributed by atoms with Crippen molar-refractivity contribution >= 4 is 28.3 Å². The Balaban J connectivity index is 4.12. The standard InChI is InChI=1S/C8H16O2Te/c1-4-8(3,6-11)7(9)10-5-2/h11H,4-6H2,1-3H3. The molecule has 1 atom stereocenters. The first-order valence-corrected chi connectivity index (χ1v) is 5.69. The molecule has 0 aliphatic rings. The van der Waals surface area contributed by atoms with Crippen LogP contribution in [0.15, 0.2) is 0 Å². The summed E-state index contributed by atoms with van der Waals surface area (Å²) in [4.78, 5) is 11.3. The second-order valence-corrected chi connectivity index (χ2v) is 3.70. The van der Waals surface area contributed by atoms with Crippen molar-refractivity contribution in [1.82, 2.24) is 0 Å². The van der Waals surface area contributed by atoms with Gasteiger partial charge in [-0.25, -0.2) is 0 Å². The van der Waals surface area contributed by atoms with Crippen molar-refractivity contribution in [2.75, 3.05) is 6.61 Å². The van der Waals surface area contributed by atoms with Crippen molar-refractivity contribution < 1.29 is 9.53 Å². The SMILES string of the molecule is CCOC(=O)C(C)(CC)C[TeH]. The van der Waals surface area contributed by atoms with Gasteiger partial charge < -0.3 is 0 Å². The molecule has 0 heterocycles. The van der Waals surface area contributed by atoms with E-state index in [9.17, 15) is 4.79 Å². The van der Waals surface area contributed by atoms with Crippen molar-refractivity contribution in [3.05, 3.63) is 0 Å². The number of esters is 1. The monoisotopic (exact) mass is 274 g/mol. The van der Waals surface area contributed by atoms with E-state index in [2.05, 4.69) is 0 Å². The fourth-order valence-corrected chi connectivity index (χ4v) is 1.63. The van der Waals surface area contributed by atoms with E-state index in [1.165, 1.54) is 0 Å². The van der Waals surface area contributed by atoms with E-state index in [4.69, 9.17) is 4.74 Å². The summed E-state index contributed by atoms with van der Waals surface area (Å²) < 4.78 is 5.86. The molecule has 66 valence electrons. The molecule has 3 heteroatoms. The molecule has 0 aromatic rings. The molecule has 0 N–H and O–H groups in total. The average molecular weight is 272 g/mol. The van der Waals surface area contributed by atoms with Crippen LogP contribution in [0.3, 0.4) is 0 Å². The number of rotatable bonds is 4. The maximum atomic E-state index is 11.3. The van der Waals surface area contributed by atoms with Gasteiger partial charge in [0.25, 0.3) is 0 Å². The van der Waals surface area contributed by atoms with E-state index in [1.54, 1.807) is 22.3 Å². The van der Waals surface area contributed by atoms with Crippen LogP contribution in [0.2, 0.25) is 4.47 Å². The summed E-state index contributed by atoms with van der Waals surface area (Å²) in [7, 11) is 0. The molecule has 0 fully saturated rings. The molecule has 0 aromatic carbocycles. The Morgan fingerprint density at radius 1 is 1.55 bits per heavy atom. The Morgan fingerprint density at radius 2 is 2.09 bits per heavy atom. The first-order valence-electron chi connectivity index (χ1n) is 3.88. The summed E-state index contributed by atoms with van der Waals surface area (Å²) in [6, 6.07) is 0. The van der Waals surface area contributed by atoms with Gasteiger partial charge in [-0.3, -0.25) is 0 Å². The third-order valence-corrected chi connectivity index (χ3v) is 3.89. The normalized spacial score (nSPS) is 15.6. The van der Waals surface area contributed by atoms with Crippen LogP contribution in [0.5, 0.6) is 0 Å². The van der Waals surface area contributed by atoms with Crippen LogP contribution in [-0.2, 0) is 9.53 Å². The first kappa shape index (κ1) is 11.3. The molecule has 0 aliphatic heterocycles. The van der Waals surface area contributed by atoms with Crippen LogP contribution in [-0.4, -0.2) is 34.9 Å².